The van der Waals surface area contributed by atoms with E-state index in [0.717, 1.165) is 10.0 Å². The first-order valence-corrected chi connectivity index (χ1v) is 8.30. The average Bonchev–Trinajstić information content (AvgIpc) is 2.86. The van der Waals surface area contributed by atoms with Gasteiger partial charge in [-0.05, 0) is 35.4 Å². The predicted molar refractivity (Wildman–Crippen MR) is 97.2 cm³/mol. The molecular weight excluding hydrogens is 386 g/mol. The third kappa shape index (κ3) is 3.39. The van der Waals surface area contributed by atoms with Crippen LogP contribution < -0.4 is 4.90 Å². The lowest BCUT2D eigenvalue weighted by atomic mass is 10.1. The maximum Gasteiger partial charge on any atom is 0.330 e. The highest BCUT2D eigenvalue weighted by molar-refractivity contribution is 9.10. The summed E-state index contributed by atoms with van der Waals surface area (Å²) in [5, 5.41) is 0. The summed E-state index contributed by atoms with van der Waals surface area (Å²) in [5.41, 5.74) is 2.46. The third-order valence-electron chi connectivity index (χ3n) is 3.89. The number of benzene rings is 2. The number of amides is 1. The standard InChI is InChI=1S/C19H14BrNO4/c1-25-17(22)9-7-12-6-8-16-14(10-12)18(23)19(24)21(16)11-13-4-2-3-5-15(13)20/h2-10H,11H2,1H3/b9-7+. The highest BCUT2D eigenvalue weighted by Crippen LogP contribution is 2.32. The molecule has 6 heteroatoms. The molecule has 0 aromatic heterocycles. The first-order valence-electron chi connectivity index (χ1n) is 7.51. The van der Waals surface area contributed by atoms with E-state index in [4.69, 9.17) is 0 Å². The van der Waals surface area contributed by atoms with E-state index in [-0.39, 0.29) is 0 Å². The second kappa shape index (κ2) is 7.03. The van der Waals surface area contributed by atoms with E-state index in [2.05, 4.69) is 20.7 Å². The molecule has 0 radical (unpaired) electrons. The summed E-state index contributed by atoms with van der Waals surface area (Å²) in [5.74, 6) is -1.59. The van der Waals surface area contributed by atoms with Gasteiger partial charge in [-0.25, -0.2) is 4.79 Å². The molecule has 1 aliphatic rings. The topological polar surface area (TPSA) is 63.7 Å². The summed E-state index contributed by atoms with van der Waals surface area (Å²) in [7, 11) is 1.29. The van der Waals surface area contributed by atoms with E-state index in [0.29, 0.717) is 23.4 Å². The Labute approximate surface area is 153 Å². The Morgan fingerprint density at radius 3 is 2.68 bits per heavy atom. The number of hydrogen-bond acceptors (Lipinski definition) is 4. The largest absolute Gasteiger partial charge is 0.466 e. The quantitative estimate of drug-likeness (QED) is 0.449. The van der Waals surface area contributed by atoms with Gasteiger partial charge in [0.15, 0.2) is 0 Å². The van der Waals surface area contributed by atoms with Gasteiger partial charge in [0.2, 0.25) is 0 Å². The molecule has 0 atom stereocenters. The van der Waals surface area contributed by atoms with Crippen molar-refractivity contribution in [2.75, 3.05) is 12.0 Å². The number of carbonyl (C=O) groups excluding carboxylic acids is 3. The summed E-state index contributed by atoms with van der Waals surface area (Å²) in [6.45, 7) is 0.302. The van der Waals surface area contributed by atoms with Gasteiger partial charge in [-0.15, -0.1) is 0 Å². The minimum Gasteiger partial charge on any atom is -0.466 e. The van der Waals surface area contributed by atoms with Crippen molar-refractivity contribution in [1.29, 1.82) is 0 Å². The van der Waals surface area contributed by atoms with Gasteiger partial charge < -0.3 is 9.64 Å². The van der Waals surface area contributed by atoms with Crippen LogP contribution in [0.2, 0.25) is 0 Å². The van der Waals surface area contributed by atoms with Crippen molar-refractivity contribution in [3.05, 3.63) is 69.7 Å². The molecule has 2 aromatic carbocycles. The van der Waals surface area contributed by atoms with Gasteiger partial charge in [0.05, 0.1) is 24.9 Å². The Kier molecular flexibility index (Phi) is 4.81. The van der Waals surface area contributed by atoms with Gasteiger partial charge in [-0.2, -0.15) is 0 Å². The number of ketones is 1. The molecule has 0 fully saturated rings. The van der Waals surface area contributed by atoms with Crippen LogP contribution in [0.4, 0.5) is 5.69 Å². The number of fused-ring (bicyclic) bond motifs is 1. The molecule has 3 rings (SSSR count). The number of ether oxygens (including phenoxy) is 1. The van der Waals surface area contributed by atoms with Crippen LogP contribution in [0.3, 0.4) is 0 Å². The first kappa shape index (κ1) is 17.1. The van der Waals surface area contributed by atoms with E-state index < -0.39 is 17.7 Å². The van der Waals surface area contributed by atoms with Crippen molar-refractivity contribution in [2.45, 2.75) is 6.54 Å². The molecule has 5 nitrogen and oxygen atoms in total. The van der Waals surface area contributed by atoms with Crippen LogP contribution in [0, 0.1) is 0 Å². The molecule has 1 aliphatic heterocycles. The number of anilines is 1. The van der Waals surface area contributed by atoms with Gasteiger partial charge in [-0.3, -0.25) is 9.59 Å². The number of nitrogens with zero attached hydrogens (tertiary/aromatic N) is 1. The Balaban J connectivity index is 1.92. The number of methoxy groups -OCH3 is 1. The zero-order chi connectivity index (χ0) is 18.0. The van der Waals surface area contributed by atoms with Crippen molar-refractivity contribution in [1.82, 2.24) is 0 Å². The van der Waals surface area contributed by atoms with Gasteiger partial charge in [0, 0.05) is 10.5 Å². The molecule has 0 bridgehead atoms. The SMILES string of the molecule is COC(=O)/C=C/c1ccc2c(c1)C(=O)C(=O)N2Cc1ccccc1Br. The number of Topliss-reactive ketones (excluding diaryl/α,β-unsaturated/α-hetero) is 1. The summed E-state index contributed by atoms with van der Waals surface area (Å²) < 4.78 is 5.41. The monoisotopic (exact) mass is 399 g/mol. The van der Waals surface area contributed by atoms with E-state index in [1.807, 2.05) is 24.3 Å². The lowest BCUT2D eigenvalue weighted by Crippen LogP contribution is -2.29. The number of hydrogen-bond donors (Lipinski definition) is 0. The van der Waals surface area contributed by atoms with Crippen LogP contribution in [-0.2, 0) is 20.9 Å². The van der Waals surface area contributed by atoms with Crippen LogP contribution in [0.1, 0.15) is 21.5 Å². The van der Waals surface area contributed by atoms with Crippen LogP contribution in [0.25, 0.3) is 6.08 Å². The predicted octanol–water partition coefficient (Wildman–Crippen LogP) is 3.36. The Bertz CT molecular complexity index is 904. The second-order valence-corrected chi connectivity index (χ2v) is 6.30. The normalized spacial score (nSPS) is 13.4. The zero-order valence-corrected chi connectivity index (χ0v) is 14.9. The summed E-state index contributed by atoms with van der Waals surface area (Å²) in [4.78, 5) is 37.3. The molecule has 0 spiro atoms. The van der Waals surface area contributed by atoms with E-state index in [9.17, 15) is 14.4 Å². The van der Waals surface area contributed by atoms with Gasteiger partial charge in [0.1, 0.15) is 0 Å². The minimum atomic E-state index is -0.556. The molecule has 0 N–H and O–H groups in total. The Morgan fingerprint density at radius 1 is 1.20 bits per heavy atom. The molecule has 2 aromatic rings. The number of esters is 1. The maximum absolute atomic E-state index is 12.4. The average molecular weight is 400 g/mol. The zero-order valence-electron chi connectivity index (χ0n) is 13.4. The maximum atomic E-state index is 12.4. The summed E-state index contributed by atoms with van der Waals surface area (Å²) >= 11 is 3.46. The molecule has 0 saturated carbocycles. The van der Waals surface area contributed by atoms with Crippen molar-refractivity contribution < 1.29 is 19.1 Å². The fourth-order valence-electron chi connectivity index (χ4n) is 2.61. The van der Waals surface area contributed by atoms with E-state index >= 15 is 0 Å². The van der Waals surface area contributed by atoms with Crippen molar-refractivity contribution in [2.24, 2.45) is 0 Å². The van der Waals surface area contributed by atoms with E-state index in [1.165, 1.54) is 18.1 Å². The minimum absolute atomic E-state index is 0.302. The van der Waals surface area contributed by atoms with Gasteiger partial charge in [0.25, 0.3) is 11.7 Å². The number of carbonyl (C=O) groups is 3. The molecule has 1 amide bonds. The number of rotatable bonds is 4. The van der Waals surface area contributed by atoms with Gasteiger partial charge >= 0.3 is 5.97 Å². The lowest BCUT2D eigenvalue weighted by Gasteiger charge is -2.17. The third-order valence-corrected chi connectivity index (χ3v) is 4.67. The highest BCUT2D eigenvalue weighted by Gasteiger charge is 2.35. The lowest BCUT2D eigenvalue weighted by molar-refractivity contribution is -0.134. The smallest absolute Gasteiger partial charge is 0.330 e. The molecular formula is C19H14BrNO4. The molecule has 1 heterocycles. The first-order chi connectivity index (χ1) is 12.0. The summed E-state index contributed by atoms with van der Waals surface area (Å²) in [6.07, 6.45) is 2.81. The summed E-state index contributed by atoms with van der Waals surface area (Å²) in [6, 6.07) is 12.6. The van der Waals surface area contributed by atoms with Crippen molar-refractivity contribution in [3.63, 3.8) is 0 Å². The van der Waals surface area contributed by atoms with Gasteiger partial charge in [-0.1, -0.05) is 40.2 Å². The fourth-order valence-corrected chi connectivity index (χ4v) is 3.02. The second-order valence-electron chi connectivity index (χ2n) is 5.44. The molecule has 0 aliphatic carbocycles. The molecule has 0 unspecified atom stereocenters. The Morgan fingerprint density at radius 2 is 1.96 bits per heavy atom. The van der Waals surface area contributed by atoms with E-state index in [1.54, 1.807) is 24.3 Å². The molecule has 25 heavy (non-hydrogen) atoms. The van der Waals surface area contributed by atoms with Crippen LogP contribution in [-0.4, -0.2) is 24.8 Å². The van der Waals surface area contributed by atoms with Crippen LogP contribution in [0.5, 0.6) is 0 Å². The van der Waals surface area contributed by atoms with Crippen molar-refractivity contribution in [3.8, 4) is 0 Å². The van der Waals surface area contributed by atoms with Crippen LogP contribution >= 0.6 is 15.9 Å². The fraction of sp³-hybridized carbons (Fsp3) is 0.105. The van der Waals surface area contributed by atoms with Crippen LogP contribution in [0.15, 0.2) is 53.0 Å². The number of halogens is 1. The Hall–Kier alpha value is -2.73. The molecule has 0 saturated heterocycles. The van der Waals surface area contributed by atoms with Crippen molar-refractivity contribution >= 4 is 45.4 Å². The highest BCUT2D eigenvalue weighted by atomic mass is 79.9. The molecule has 126 valence electrons.